The zero-order chi connectivity index (χ0) is 13.2. The van der Waals surface area contributed by atoms with E-state index in [1.54, 1.807) is 6.07 Å². The zero-order valence-corrected chi connectivity index (χ0v) is 10.8. The number of nitrogens with zero attached hydrogens (tertiary/aromatic N) is 1. The number of carbonyl (C=O) groups is 1. The minimum atomic E-state index is -0.158. The number of aryl methyl sites for hydroxylation is 1. The van der Waals surface area contributed by atoms with Crippen LogP contribution in [0.1, 0.15) is 28.9 Å². The summed E-state index contributed by atoms with van der Waals surface area (Å²) in [6, 6.07) is 9.62. The van der Waals surface area contributed by atoms with Gasteiger partial charge < -0.3 is 9.84 Å². The van der Waals surface area contributed by atoms with E-state index in [0.29, 0.717) is 17.4 Å². The Labute approximate surface area is 111 Å². The lowest BCUT2D eigenvalue weighted by molar-refractivity contribution is 0.0943. The second-order valence-corrected chi connectivity index (χ2v) is 5.10. The van der Waals surface area contributed by atoms with Gasteiger partial charge in [0.25, 0.3) is 5.91 Å². The largest absolute Gasteiger partial charge is 0.355 e. The maximum Gasteiger partial charge on any atom is 0.273 e. The second-order valence-electron chi connectivity index (χ2n) is 5.10. The van der Waals surface area contributed by atoms with E-state index < -0.39 is 0 Å². The van der Waals surface area contributed by atoms with Gasteiger partial charge in [-0.25, -0.2) is 0 Å². The first-order valence-electron chi connectivity index (χ1n) is 6.54. The minimum absolute atomic E-state index is 0.158. The lowest BCUT2D eigenvalue weighted by Crippen LogP contribution is -2.25. The normalized spacial score (nSPS) is 14.4. The van der Waals surface area contributed by atoms with Crippen LogP contribution in [0.25, 0.3) is 11.3 Å². The fraction of sp³-hybridized carbons (Fsp3) is 0.333. The van der Waals surface area contributed by atoms with Gasteiger partial charge in [-0.3, -0.25) is 4.79 Å². The van der Waals surface area contributed by atoms with E-state index in [2.05, 4.69) is 10.5 Å². The molecule has 0 radical (unpaired) electrons. The molecule has 0 unspecified atom stereocenters. The van der Waals surface area contributed by atoms with E-state index in [-0.39, 0.29) is 5.91 Å². The molecule has 1 aliphatic rings. The number of nitrogens with one attached hydrogen (secondary N) is 1. The molecule has 1 N–H and O–H groups in total. The van der Waals surface area contributed by atoms with Gasteiger partial charge in [0.1, 0.15) is 0 Å². The summed E-state index contributed by atoms with van der Waals surface area (Å²) in [5.74, 6) is 1.12. The second kappa shape index (κ2) is 4.88. The van der Waals surface area contributed by atoms with Crippen LogP contribution in [0.15, 0.2) is 34.9 Å². The number of carbonyl (C=O) groups excluding carboxylic acids is 1. The van der Waals surface area contributed by atoms with Gasteiger partial charge in [0.15, 0.2) is 11.5 Å². The van der Waals surface area contributed by atoms with Crippen molar-refractivity contribution in [1.82, 2.24) is 10.5 Å². The molecule has 0 atom stereocenters. The fourth-order valence-electron chi connectivity index (χ4n) is 1.89. The lowest BCUT2D eigenvalue weighted by Gasteiger charge is -1.99. The van der Waals surface area contributed by atoms with E-state index in [4.69, 9.17) is 4.52 Å². The molecular weight excluding hydrogens is 240 g/mol. The van der Waals surface area contributed by atoms with Crippen molar-refractivity contribution in [3.63, 3.8) is 0 Å². The van der Waals surface area contributed by atoms with E-state index in [9.17, 15) is 4.79 Å². The first-order chi connectivity index (χ1) is 9.22. The maximum atomic E-state index is 11.8. The summed E-state index contributed by atoms with van der Waals surface area (Å²) in [7, 11) is 0. The third-order valence-corrected chi connectivity index (χ3v) is 3.33. The molecule has 1 heterocycles. The molecule has 19 heavy (non-hydrogen) atoms. The Morgan fingerprint density at radius 3 is 2.79 bits per heavy atom. The highest BCUT2D eigenvalue weighted by atomic mass is 16.5. The number of hydrogen-bond acceptors (Lipinski definition) is 3. The lowest BCUT2D eigenvalue weighted by atomic mass is 10.1. The Morgan fingerprint density at radius 1 is 1.37 bits per heavy atom. The van der Waals surface area contributed by atoms with Crippen molar-refractivity contribution in [2.45, 2.75) is 19.8 Å². The molecule has 1 aliphatic carbocycles. The van der Waals surface area contributed by atoms with E-state index in [0.717, 1.165) is 12.1 Å². The number of rotatable bonds is 4. The van der Waals surface area contributed by atoms with Gasteiger partial charge >= 0.3 is 0 Å². The standard InChI is InChI=1S/C15H16N2O2/c1-10-2-6-12(7-3-10)14-8-13(17-19-14)15(18)16-9-11-4-5-11/h2-3,6-8,11H,4-5,9H2,1H3,(H,16,18). The Morgan fingerprint density at radius 2 is 2.11 bits per heavy atom. The Hall–Kier alpha value is -2.10. The SMILES string of the molecule is Cc1ccc(-c2cc(C(=O)NCC3CC3)no2)cc1. The van der Waals surface area contributed by atoms with Crippen LogP contribution in [0.5, 0.6) is 0 Å². The number of benzene rings is 1. The summed E-state index contributed by atoms with van der Waals surface area (Å²) in [5.41, 5.74) is 2.46. The Kier molecular flexibility index (Phi) is 3.07. The molecule has 0 saturated heterocycles. The molecule has 1 fully saturated rings. The van der Waals surface area contributed by atoms with Gasteiger partial charge in [-0.2, -0.15) is 0 Å². The minimum Gasteiger partial charge on any atom is -0.355 e. The Balaban J connectivity index is 1.71. The third kappa shape index (κ3) is 2.84. The molecule has 1 saturated carbocycles. The molecule has 1 aromatic heterocycles. The van der Waals surface area contributed by atoms with Crippen molar-refractivity contribution >= 4 is 5.91 Å². The average Bonchev–Trinajstić information content (AvgIpc) is 3.12. The van der Waals surface area contributed by atoms with Crippen molar-refractivity contribution < 1.29 is 9.32 Å². The predicted octanol–water partition coefficient (Wildman–Crippen LogP) is 2.79. The molecule has 0 spiro atoms. The summed E-state index contributed by atoms with van der Waals surface area (Å²) in [6.07, 6.45) is 2.43. The van der Waals surface area contributed by atoms with Crippen molar-refractivity contribution in [2.75, 3.05) is 6.54 Å². The average molecular weight is 256 g/mol. The number of aromatic nitrogens is 1. The van der Waals surface area contributed by atoms with Gasteiger partial charge in [-0.15, -0.1) is 0 Å². The highest BCUT2D eigenvalue weighted by Crippen LogP contribution is 2.27. The van der Waals surface area contributed by atoms with E-state index in [1.165, 1.54) is 18.4 Å². The maximum absolute atomic E-state index is 11.8. The quantitative estimate of drug-likeness (QED) is 0.915. The highest BCUT2D eigenvalue weighted by molar-refractivity contribution is 5.93. The van der Waals surface area contributed by atoms with Crippen LogP contribution in [0.4, 0.5) is 0 Å². The van der Waals surface area contributed by atoms with Crippen molar-refractivity contribution in [1.29, 1.82) is 0 Å². The van der Waals surface area contributed by atoms with Gasteiger partial charge in [0, 0.05) is 18.2 Å². The van der Waals surface area contributed by atoms with Crippen LogP contribution in [0, 0.1) is 12.8 Å². The number of amides is 1. The van der Waals surface area contributed by atoms with Gasteiger partial charge in [0.2, 0.25) is 0 Å². The predicted molar refractivity (Wildman–Crippen MR) is 71.7 cm³/mol. The molecule has 4 nitrogen and oxygen atoms in total. The molecule has 0 aliphatic heterocycles. The van der Waals surface area contributed by atoms with Gasteiger partial charge in [0.05, 0.1) is 0 Å². The topological polar surface area (TPSA) is 55.1 Å². The van der Waals surface area contributed by atoms with Crippen LogP contribution in [-0.2, 0) is 0 Å². The molecule has 4 heteroatoms. The van der Waals surface area contributed by atoms with Crippen LogP contribution in [0.2, 0.25) is 0 Å². The van der Waals surface area contributed by atoms with Crippen molar-refractivity contribution in [3.8, 4) is 11.3 Å². The first kappa shape index (κ1) is 12.0. The van der Waals surface area contributed by atoms with E-state index >= 15 is 0 Å². The van der Waals surface area contributed by atoms with Gasteiger partial charge in [-0.1, -0.05) is 35.0 Å². The Bertz CT molecular complexity index is 582. The molecule has 1 amide bonds. The monoisotopic (exact) mass is 256 g/mol. The molecule has 3 rings (SSSR count). The summed E-state index contributed by atoms with van der Waals surface area (Å²) >= 11 is 0. The van der Waals surface area contributed by atoms with Crippen molar-refractivity contribution in [2.24, 2.45) is 5.92 Å². The molecule has 98 valence electrons. The van der Waals surface area contributed by atoms with Gasteiger partial charge in [-0.05, 0) is 25.7 Å². The number of hydrogen-bond donors (Lipinski definition) is 1. The zero-order valence-electron chi connectivity index (χ0n) is 10.8. The smallest absolute Gasteiger partial charge is 0.273 e. The summed E-state index contributed by atoms with van der Waals surface area (Å²) in [6.45, 7) is 2.77. The van der Waals surface area contributed by atoms with E-state index in [1.807, 2.05) is 31.2 Å². The summed E-state index contributed by atoms with van der Waals surface area (Å²) < 4.78 is 5.22. The van der Waals surface area contributed by atoms with Crippen molar-refractivity contribution in [3.05, 3.63) is 41.6 Å². The third-order valence-electron chi connectivity index (χ3n) is 3.33. The molecule has 0 bridgehead atoms. The molecule has 2 aromatic rings. The first-order valence-corrected chi connectivity index (χ1v) is 6.54. The van der Waals surface area contributed by atoms with Crippen LogP contribution < -0.4 is 5.32 Å². The fourth-order valence-corrected chi connectivity index (χ4v) is 1.89. The van der Waals surface area contributed by atoms with Crippen LogP contribution in [0.3, 0.4) is 0 Å². The van der Waals surface area contributed by atoms with Crippen LogP contribution >= 0.6 is 0 Å². The van der Waals surface area contributed by atoms with Crippen LogP contribution in [-0.4, -0.2) is 17.6 Å². The summed E-state index contributed by atoms with van der Waals surface area (Å²) in [4.78, 5) is 11.8. The summed E-state index contributed by atoms with van der Waals surface area (Å²) in [5, 5.41) is 6.70. The molecular formula is C15H16N2O2. The molecule has 1 aromatic carbocycles. The highest BCUT2D eigenvalue weighted by Gasteiger charge is 2.22.